The summed E-state index contributed by atoms with van der Waals surface area (Å²) in [4.78, 5) is 37.2. The van der Waals surface area contributed by atoms with Gasteiger partial charge in [-0.05, 0) is 61.4 Å². The van der Waals surface area contributed by atoms with Crippen LogP contribution >= 0.6 is 0 Å². The van der Waals surface area contributed by atoms with Crippen molar-refractivity contribution in [1.29, 1.82) is 0 Å². The minimum atomic E-state index is -0.495. The van der Waals surface area contributed by atoms with Gasteiger partial charge in [-0.1, -0.05) is 12.1 Å². The summed E-state index contributed by atoms with van der Waals surface area (Å²) in [6, 6.07) is 15.9. The number of nitrogens with zero attached hydrogens (tertiary/aromatic N) is 2. The zero-order valence-corrected chi connectivity index (χ0v) is 15.7. The van der Waals surface area contributed by atoms with Crippen LogP contribution in [0.3, 0.4) is 0 Å². The molecule has 0 saturated heterocycles. The summed E-state index contributed by atoms with van der Waals surface area (Å²) in [6.07, 6.45) is 0. The van der Waals surface area contributed by atoms with Crippen LogP contribution in [-0.2, 0) is 0 Å². The smallest absolute Gasteiger partial charge is 0.269 e. The number of aryl methyl sites for hydroxylation is 2. The maximum Gasteiger partial charge on any atom is 0.269 e. The van der Waals surface area contributed by atoms with Crippen molar-refractivity contribution in [2.24, 2.45) is 0 Å². The number of non-ortho nitro benzene ring substituents is 1. The van der Waals surface area contributed by atoms with E-state index in [4.69, 9.17) is 4.74 Å². The first-order valence-corrected chi connectivity index (χ1v) is 8.87. The molecule has 3 aromatic carbocycles. The molecule has 1 heterocycles. The Kier molecular flexibility index (Phi) is 4.35. The number of amides is 2. The number of fused-ring (bicyclic) bond motifs is 1. The standard InChI is InChI=1S/C22H16N2O5/c1-13-3-4-14(2)20(11-13)23-21(25)18-10-9-17(12-19(18)22(23)26)29-16-7-5-15(6-8-16)24(27)28/h3-12H,1-2H3. The Hall–Kier alpha value is -4.00. The van der Waals surface area contributed by atoms with E-state index in [-0.39, 0.29) is 17.2 Å². The van der Waals surface area contributed by atoms with Gasteiger partial charge in [-0.25, -0.2) is 4.90 Å². The number of benzene rings is 3. The Labute approximate surface area is 166 Å². The van der Waals surface area contributed by atoms with Crippen molar-refractivity contribution >= 4 is 23.2 Å². The fourth-order valence-corrected chi connectivity index (χ4v) is 3.23. The van der Waals surface area contributed by atoms with Crippen LogP contribution in [0.15, 0.2) is 60.7 Å². The van der Waals surface area contributed by atoms with Gasteiger partial charge in [0.25, 0.3) is 17.5 Å². The summed E-state index contributed by atoms with van der Waals surface area (Å²) in [5, 5.41) is 10.7. The number of anilines is 1. The molecule has 144 valence electrons. The Morgan fingerprint density at radius 1 is 0.828 bits per heavy atom. The summed E-state index contributed by atoms with van der Waals surface area (Å²) in [5.41, 5.74) is 2.87. The summed E-state index contributed by atoms with van der Waals surface area (Å²) in [5.74, 6) is -0.0336. The number of ether oxygens (including phenoxy) is 1. The molecule has 0 fully saturated rings. The Bertz CT molecular complexity index is 1170. The molecule has 4 rings (SSSR count). The quantitative estimate of drug-likeness (QED) is 0.364. The van der Waals surface area contributed by atoms with Gasteiger partial charge < -0.3 is 4.74 Å². The topological polar surface area (TPSA) is 89.8 Å². The third kappa shape index (κ3) is 3.23. The molecular formula is C22H16N2O5. The van der Waals surface area contributed by atoms with E-state index < -0.39 is 10.8 Å². The first-order valence-electron chi connectivity index (χ1n) is 8.87. The lowest BCUT2D eigenvalue weighted by Crippen LogP contribution is -2.30. The van der Waals surface area contributed by atoms with Crippen LogP contribution in [0.4, 0.5) is 11.4 Å². The number of carbonyl (C=O) groups is 2. The number of nitro groups is 1. The van der Waals surface area contributed by atoms with Gasteiger partial charge in [-0.15, -0.1) is 0 Å². The third-order valence-electron chi connectivity index (χ3n) is 4.75. The van der Waals surface area contributed by atoms with Crippen LogP contribution in [-0.4, -0.2) is 16.7 Å². The van der Waals surface area contributed by atoms with Gasteiger partial charge in [0.2, 0.25) is 0 Å². The van der Waals surface area contributed by atoms with E-state index in [0.29, 0.717) is 22.7 Å². The van der Waals surface area contributed by atoms with Crippen molar-refractivity contribution in [3.05, 3.63) is 93.0 Å². The number of nitro benzene ring substituents is 1. The molecule has 0 unspecified atom stereocenters. The largest absolute Gasteiger partial charge is 0.457 e. The fourth-order valence-electron chi connectivity index (χ4n) is 3.23. The lowest BCUT2D eigenvalue weighted by Gasteiger charge is -2.17. The SMILES string of the molecule is Cc1ccc(C)c(N2C(=O)c3ccc(Oc4ccc([N+](=O)[O-])cc4)cc3C2=O)c1. The molecule has 7 heteroatoms. The van der Waals surface area contributed by atoms with Crippen LogP contribution in [0, 0.1) is 24.0 Å². The second-order valence-corrected chi connectivity index (χ2v) is 6.80. The van der Waals surface area contributed by atoms with E-state index in [1.807, 2.05) is 32.0 Å². The summed E-state index contributed by atoms with van der Waals surface area (Å²) in [7, 11) is 0. The van der Waals surface area contributed by atoms with Crippen molar-refractivity contribution in [3.8, 4) is 11.5 Å². The van der Waals surface area contributed by atoms with Gasteiger partial charge in [-0.3, -0.25) is 19.7 Å². The van der Waals surface area contributed by atoms with Crippen molar-refractivity contribution in [2.45, 2.75) is 13.8 Å². The van der Waals surface area contributed by atoms with E-state index in [0.717, 1.165) is 11.1 Å². The first kappa shape index (κ1) is 18.4. The highest BCUT2D eigenvalue weighted by molar-refractivity contribution is 6.34. The monoisotopic (exact) mass is 388 g/mol. The number of imide groups is 1. The molecule has 2 amide bonds. The molecule has 0 radical (unpaired) electrons. The second-order valence-electron chi connectivity index (χ2n) is 6.80. The number of hydrogen-bond acceptors (Lipinski definition) is 5. The average Bonchev–Trinajstić information content (AvgIpc) is 2.94. The molecule has 0 saturated carbocycles. The van der Waals surface area contributed by atoms with E-state index in [1.54, 1.807) is 12.1 Å². The zero-order chi connectivity index (χ0) is 20.7. The highest BCUT2D eigenvalue weighted by Crippen LogP contribution is 2.34. The molecule has 0 aromatic heterocycles. The molecule has 1 aliphatic heterocycles. The van der Waals surface area contributed by atoms with Crippen molar-refractivity contribution in [3.63, 3.8) is 0 Å². The first-order chi connectivity index (χ1) is 13.8. The number of carbonyl (C=O) groups excluding carboxylic acids is 2. The molecular weight excluding hydrogens is 372 g/mol. The van der Waals surface area contributed by atoms with Gasteiger partial charge >= 0.3 is 0 Å². The summed E-state index contributed by atoms with van der Waals surface area (Å²) < 4.78 is 5.70. The Morgan fingerprint density at radius 2 is 1.48 bits per heavy atom. The lowest BCUT2D eigenvalue weighted by molar-refractivity contribution is -0.384. The van der Waals surface area contributed by atoms with Gasteiger partial charge in [0, 0.05) is 12.1 Å². The second kappa shape index (κ2) is 6.87. The van der Waals surface area contributed by atoms with Crippen LogP contribution < -0.4 is 9.64 Å². The molecule has 0 spiro atoms. The van der Waals surface area contributed by atoms with Crippen LogP contribution in [0.5, 0.6) is 11.5 Å². The number of rotatable bonds is 4. The minimum absolute atomic E-state index is 0.0451. The Morgan fingerprint density at radius 3 is 2.17 bits per heavy atom. The predicted molar refractivity (Wildman–Crippen MR) is 107 cm³/mol. The van der Waals surface area contributed by atoms with Gasteiger partial charge in [-0.2, -0.15) is 0 Å². The van der Waals surface area contributed by atoms with E-state index >= 15 is 0 Å². The fraction of sp³-hybridized carbons (Fsp3) is 0.0909. The Balaban J connectivity index is 1.65. The third-order valence-corrected chi connectivity index (χ3v) is 4.75. The lowest BCUT2D eigenvalue weighted by atomic mass is 10.1. The summed E-state index contributed by atoms with van der Waals surface area (Å²) >= 11 is 0. The summed E-state index contributed by atoms with van der Waals surface area (Å²) in [6.45, 7) is 3.75. The molecule has 1 aliphatic rings. The van der Waals surface area contributed by atoms with Crippen LogP contribution in [0.1, 0.15) is 31.8 Å². The van der Waals surface area contributed by atoms with Crippen molar-refractivity contribution in [1.82, 2.24) is 0 Å². The minimum Gasteiger partial charge on any atom is -0.457 e. The van der Waals surface area contributed by atoms with Gasteiger partial charge in [0.05, 0.1) is 21.7 Å². The number of hydrogen-bond donors (Lipinski definition) is 0. The van der Waals surface area contributed by atoms with Gasteiger partial charge in [0.15, 0.2) is 0 Å². The molecule has 0 aliphatic carbocycles. The van der Waals surface area contributed by atoms with E-state index in [1.165, 1.54) is 35.2 Å². The maximum absolute atomic E-state index is 13.0. The van der Waals surface area contributed by atoms with E-state index in [2.05, 4.69) is 0 Å². The normalized spacial score (nSPS) is 12.8. The van der Waals surface area contributed by atoms with Crippen molar-refractivity contribution < 1.29 is 19.2 Å². The molecule has 3 aromatic rings. The van der Waals surface area contributed by atoms with Crippen molar-refractivity contribution in [2.75, 3.05) is 4.90 Å². The maximum atomic E-state index is 13.0. The van der Waals surface area contributed by atoms with Crippen LogP contribution in [0.2, 0.25) is 0 Å². The van der Waals surface area contributed by atoms with Crippen LogP contribution in [0.25, 0.3) is 0 Å². The molecule has 0 atom stereocenters. The predicted octanol–water partition coefficient (Wildman–Crippen LogP) is 4.80. The highest BCUT2D eigenvalue weighted by atomic mass is 16.6. The molecule has 0 N–H and O–H groups in total. The highest BCUT2D eigenvalue weighted by Gasteiger charge is 2.37. The molecule has 0 bridgehead atoms. The molecule has 7 nitrogen and oxygen atoms in total. The average molecular weight is 388 g/mol. The van der Waals surface area contributed by atoms with Gasteiger partial charge in [0.1, 0.15) is 11.5 Å². The zero-order valence-electron chi connectivity index (χ0n) is 15.7. The molecule has 29 heavy (non-hydrogen) atoms. The van der Waals surface area contributed by atoms with E-state index in [9.17, 15) is 19.7 Å².